The normalized spacial score (nSPS) is 11.6. The van der Waals surface area contributed by atoms with Crippen LogP contribution < -0.4 is 9.64 Å². The van der Waals surface area contributed by atoms with E-state index in [0.29, 0.717) is 11.4 Å². The van der Waals surface area contributed by atoms with Crippen molar-refractivity contribution in [3.8, 4) is 5.75 Å². The van der Waals surface area contributed by atoms with E-state index >= 15 is 0 Å². The minimum Gasteiger partial charge on any atom is -0.494 e. The Bertz CT molecular complexity index is 1390. The van der Waals surface area contributed by atoms with Crippen LogP contribution in [-0.4, -0.2) is 20.2 Å². The van der Waals surface area contributed by atoms with Crippen LogP contribution in [0.25, 0.3) is 0 Å². The molecule has 298 valence electrons. The van der Waals surface area contributed by atoms with Crippen molar-refractivity contribution in [1.82, 2.24) is 0 Å². The topological polar surface area (TPSA) is 61.9 Å². The number of ether oxygens (including phenoxy) is 1. The molecular weight excluding hydrogens is 663 g/mol. The molecule has 0 unspecified atom stereocenters. The monoisotopic (exact) mass is 738 g/mol. The second-order valence-electron chi connectivity index (χ2n) is 15.3. The average Bonchev–Trinajstić information content (AvgIpc) is 3.20. The first kappa shape index (κ1) is 44.9. The van der Waals surface area contributed by atoms with Crippen LogP contribution in [0.2, 0.25) is 0 Å². The van der Waals surface area contributed by atoms with Crippen LogP contribution >= 0.6 is 0 Å². The maximum Gasteiger partial charge on any atom is 0.148 e. The van der Waals surface area contributed by atoms with Gasteiger partial charge in [-0.05, 0) is 67.8 Å². The zero-order chi connectivity index (χ0) is 38.3. The number of rotatable bonds is 32. The summed E-state index contributed by atoms with van der Waals surface area (Å²) in [5, 5.41) is 17.9. The highest BCUT2D eigenvalue weighted by Gasteiger charge is 2.10. The second kappa shape index (κ2) is 29.8. The van der Waals surface area contributed by atoms with Gasteiger partial charge in [-0.25, -0.2) is 0 Å². The number of anilines is 1. The first-order chi connectivity index (χ1) is 26.6. The summed E-state index contributed by atoms with van der Waals surface area (Å²) in [5.41, 5.74) is 5.51. The summed E-state index contributed by atoms with van der Waals surface area (Å²) >= 11 is 0. The number of azo groups is 2. The molecule has 0 fully saturated rings. The third-order valence-electron chi connectivity index (χ3n) is 10.6. The van der Waals surface area contributed by atoms with Crippen molar-refractivity contribution in [3.63, 3.8) is 0 Å². The maximum absolute atomic E-state index is 5.60. The highest BCUT2D eigenvalue weighted by molar-refractivity contribution is 5.60. The first-order valence-electron chi connectivity index (χ1n) is 22.1. The quantitative estimate of drug-likeness (QED) is 0.0473. The number of benzene rings is 3. The van der Waals surface area contributed by atoms with Crippen molar-refractivity contribution in [2.24, 2.45) is 20.5 Å². The molecular formula is C48H75N5O. The molecule has 0 aliphatic rings. The van der Waals surface area contributed by atoms with Gasteiger partial charge in [0.1, 0.15) is 11.4 Å². The molecule has 0 spiro atoms. The lowest BCUT2D eigenvalue weighted by atomic mass is 10.0. The van der Waals surface area contributed by atoms with Gasteiger partial charge < -0.3 is 9.64 Å². The lowest BCUT2D eigenvalue weighted by molar-refractivity contribution is 0.416. The molecule has 0 aliphatic heterocycles. The molecule has 0 aliphatic carbocycles. The molecule has 3 aromatic carbocycles. The minimum absolute atomic E-state index is 0.615. The van der Waals surface area contributed by atoms with E-state index in [9.17, 15) is 0 Å². The van der Waals surface area contributed by atoms with E-state index in [1.165, 1.54) is 160 Å². The van der Waals surface area contributed by atoms with Crippen molar-refractivity contribution in [1.29, 1.82) is 0 Å². The Morgan fingerprint density at radius 3 is 1.37 bits per heavy atom. The Kier molecular flexibility index (Phi) is 24.7. The van der Waals surface area contributed by atoms with Crippen LogP contribution in [-0.2, 0) is 0 Å². The zero-order valence-electron chi connectivity index (χ0n) is 34.9. The van der Waals surface area contributed by atoms with E-state index in [1.54, 1.807) is 7.11 Å². The third kappa shape index (κ3) is 19.7. The van der Waals surface area contributed by atoms with E-state index in [0.717, 1.165) is 35.7 Å². The summed E-state index contributed by atoms with van der Waals surface area (Å²) in [6, 6.07) is 22.0. The van der Waals surface area contributed by atoms with Crippen molar-refractivity contribution in [3.05, 3.63) is 72.3 Å². The van der Waals surface area contributed by atoms with Crippen LogP contribution in [0.15, 0.2) is 87.2 Å². The molecule has 0 bridgehead atoms. The van der Waals surface area contributed by atoms with Crippen LogP contribution in [0.5, 0.6) is 5.75 Å². The van der Waals surface area contributed by atoms with E-state index in [1.807, 2.05) is 48.5 Å². The summed E-state index contributed by atoms with van der Waals surface area (Å²) in [7, 11) is 1.64. The van der Waals surface area contributed by atoms with Crippen molar-refractivity contribution < 1.29 is 4.74 Å². The minimum atomic E-state index is 0.615. The Morgan fingerprint density at radius 2 is 0.889 bits per heavy atom. The third-order valence-corrected chi connectivity index (χ3v) is 10.6. The highest BCUT2D eigenvalue weighted by atomic mass is 16.5. The molecule has 3 rings (SSSR count). The summed E-state index contributed by atoms with van der Waals surface area (Å²) in [5.74, 6) is 0.615. The summed E-state index contributed by atoms with van der Waals surface area (Å²) in [6.07, 6.45) is 33.2. The van der Waals surface area contributed by atoms with E-state index in [4.69, 9.17) is 4.74 Å². The Morgan fingerprint density at radius 1 is 0.444 bits per heavy atom. The van der Waals surface area contributed by atoms with E-state index < -0.39 is 0 Å². The maximum atomic E-state index is 5.60. The Balaban J connectivity index is 1.50. The fourth-order valence-electron chi connectivity index (χ4n) is 7.13. The highest BCUT2D eigenvalue weighted by Crippen LogP contribution is 2.34. The van der Waals surface area contributed by atoms with Gasteiger partial charge in [-0.1, -0.05) is 173 Å². The number of aryl methyl sites for hydroxylation is 1. The summed E-state index contributed by atoms with van der Waals surface area (Å²) < 4.78 is 5.60. The largest absolute Gasteiger partial charge is 0.494 e. The van der Waals surface area contributed by atoms with Gasteiger partial charge in [0, 0.05) is 24.8 Å². The SMILES string of the molecule is CCCCCCCCCCCCCCN(CCCCCCCCCCCCCC)c1ccc(/N=N/c2ccc(/N=N/c3ccccc3)c(OC)c2)c(C)c1. The molecule has 0 atom stereocenters. The van der Waals surface area contributed by atoms with Crippen molar-refractivity contribution >= 4 is 28.4 Å². The van der Waals surface area contributed by atoms with Crippen LogP contribution in [0.3, 0.4) is 0 Å². The number of methoxy groups -OCH3 is 1. The van der Waals surface area contributed by atoms with Crippen molar-refractivity contribution in [2.75, 3.05) is 25.1 Å². The van der Waals surface area contributed by atoms with Gasteiger partial charge in [0.2, 0.25) is 0 Å². The first-order valence-corrected chi connectivity index (χ1v) is 22.1. The van der Waals surface area contributed by atoms with E-state index in [2.05, 4.69) is 64.3 Å². The Labute approximate surface area is 330 Å². The number of unbranched alkanes of at least 4 members (excludes halogenated alkanes) is 22. The standard InChI is InChI=1S/C48H75N5O/c1-5-7-9-11-13-15-17-19-21-23-25-30-38-53(39-31-26-24-22-20-18-16-14-12-10-8-6-2)45-35-37-46(42(3)40-45)51-50-44-34-36-47(48(41-44)54-4)52-49-43-32-28-27-29-33-43/h27-29,32-37,40-41H,5-26,30-31,38-39H2,1-4H3/b51-50+,52-49+. The lowest BCUT2D eigenvalue weighted by Gasteiger charge is -2.26. The van der Waals surface area contributed by atoms with E-state index in [-0.39, 0.29) is 0 Å². The molecule has 0 amide bonds. The molecule has 6 heteroatoms. The lowest BCUT2D eigenvalue weighted by Crippen LogP contribution is -2.25. The smallest absolute Gasteiger partial charge is 0.148 e. The van der Waals surface area contributed by atoms with Crippen LogP contribution in [0.4, 0.5) is 28.4 Å². The fourth-order valence-corrected chi connectivity index (χ4v) is 7.13. The van der Waals surface area contributed by atoms with Crippen LogP contribution in [0.1, 0.15) is 174 Å². The predicted molar refractivity (Wildman–Crippen MR) is 233 cm³/mol. The molecule has 3 aromatic rings. The molecule has 54 heavy (non-hydrogen) atoms. The van der Waals surface area contributed by atoms with Gasteiger partial charge in [-0.15, -0.1) is 5.11 Å². The zero-order valence-corrected chi connectivity index (χ0v) is 34.9. The van der Waals surface area contributed by atoms with Gasteiger partial charge in [-0.3, -0.25) is 0 Å². The van der Waals surface area contributed by atoms with Gasteiger partial charge in [0.15, 0.2) is 0 Å². The molecule has 0 aromatic heterocycles. The predicted octanol–water partition coefficient (Wildman–Crippen LogP) is 17.0. The summed E-state index contributed by atoms with van der Waals surface area (Å²) in [6.45, 7) is 9.00. The van der Waals surface area contributed by atoms with Crippen molar-refractivity contribution in [2.45, 2.75) is 175 Å². The number of nitrogens with zero attached hydrogens (tertiary/aromatic N) is 5. The van der Waals surface area contributed by atoms with Gasteiger partial charge in [0.25, 0.3) is 0 Å². The summed E-state index contributed by atoms with van der Waals surface area (Å²) in [4.78, 5) is 2.63. The molecule has 0 saturated carbocycles. The molecule has 0 saturated heterocycles. The van der Waals surface area contributed by atoms with Gasteiger partial charge >= 0.3 is 0 Å². The van der Waals surface area contributed by atoms with Gasteiger partial charge in [-0.2, -0.15) is 15.3 Å². The average molecular weight is 738 g/mol. The van der Waals surface area contributed by atoms with Gasteiger partial charge in [0.05, 0.1) is 24.2 Å². The molecule has 0 N–H and O–H groups in total. The Hall–Kier alpha value is -3.54. The molecule has 0 radical (unpaired) electrons. The molecule has 0 heterocycles. The molecule has 6 nitrogen and oxygen atoms in total. The second-order valence-corrected chi connectivity index (χ2v) is 15.3. The van der Waals surface area contributed by atoms with Crippen LogP contribution in [0, 0.1) is 6.92 Å². The number of hydrogen-bond donors (Lipinski definition) is 0. The fraction of sp³-hybridized carbons (Fsp3) is 0.625. The number of hydrogen-bond acceptors (Lipinski definition) is 6.